The molecule has 0 N–H and O–H groups in total. The van der Waals surface area contributed by atoms with Crippen molar-refractivity contribution in [3.05, 3.63) is 46.4 Å². The van der Waals surface area contributed by atoms with Crippen LogP contribution in [0, 0.1) is 10.1 Å². The van der Waals surface area contributed by atoms with Gasteiger partial charge in [0.15, 0.2) is 0 Å². The van der Waals surface area contributed by atoms with Crippen molar-refractivity contribution in [1.82, 2.24) is 9.55 Å². The molecule has 2 aromatic rings. The third-order valence-electron chi connectivity index (χ3n) is 4.59. The maximum Gasteiger partial charge on any atom is 0.342 e. The van der Waals surface area contributed by atoms with E-state index < -0.39 is 11.2 Å². The van der Waals surface area contributed by atoms with Crippen molar-refractivity contribution < 1.29 is 9.66 Å². The van der Waals surface area contributed by atoms with E-state index in [1.54, 1.807) is 7.05 Å². The van der Waals surface area contributed by atoms with Gasteiger partial charge >= 0.3 is 5.82 Å². The van der Waals surface area contributed by atoms with Crippen molar-refractivity contribution in [2.45, 2.75) is 45.8 Å². The molecule has 0 saturated carbocycles. The van der Waals surface area contributed by atoms with Crippen LogP contribution in [-0.2, 0) is 7.05 Å². The fourth-order valence-electron chi connectivity index (χ4n) is 2.92. The minimum atomic E-state index is -0.819. The molecule has 0 saturated heterocycles. The molecule has 8 nitrogen and oxygen atoms in total. The van der Waals surface area contributed by atoms with E-state index in [2.05, 4.69) is 35.4 Å². The second kappa shape index (κ2) is 10.4. The quantitative estimate of drug-likeness (QED) is 0.304. The van der Waals surface area contributed by atoms with Gasteiger partial charge in [-0.1, -0.05) is 26.7 Å². The van der Waals surface area contributed by atoms with Crippen LogP contribution in [0.3, 0.4) is 0 Å². The number of aliphatic imine (C=N–C) groups is 1. The largest absolute Gasteiger partial charge is 0.459 e. The van der Waals surface area contributed by atoms with Gasteiger partial charge in [-0.25, -0.2) is 14.5 Å². The molecular formula is C20H29N5O3. The number of anilines is 1. The zero-order valence-electron chi connectivity index (χ0n) is 16.9. The normalized spacial score (nSPS) is 11.8. The van der Waals surface area contributed by atoms with Gasteiger partial charge in [-0.3, -0.25) is 0 Å². The number of nitrogens with zero attached hydrogens (tertiary/aromatic N) is 5. The molecule has 2 rings (SSSR count). The summed E-state index contributed by atoms with van der Waals surface area (Å²) in [5.41, 5.74) is 1.16. The molecule has 0 fully saturated rings. The van der Waals surface area contributed by atoms with E-state index >= 15 is 0 Å². The highest BCUT2D eigenvalue weighted by Gasteiger charge is 2.25. The van der Waals surface area contributed by atoms with Crippen molar-refractivity contribution in [1.29, 1.82) is 0 Å². The summed E-state index contributed by atoms with van der Waals surface area (Å²) in [6.45, 7) is 9.99. The lowest BCUT2D eigenvalue weighted by atomic mass is 10.2. The van der Waals surface area contributed by atoms with Crippen LogP contribution in [0.15, 0.2) is 35.5 Å². The molecule has 152 valence electrons. The van der Waals surface area contributed by atoms with Crippen LogP contribution in [0.4, 0.5) is 11.5 Å². The van der Waals surface area contributed by atoms with Crippen LogP contribution < -0.4 is 9.64 Å². The maximum atomic E-state index is 11.0. The molecule has 1 atom stereocenters. The van der Waals surface area contributed by atoms with Gasteiger partial charge in [0.1, 0.15) is 11.9 Å². The molecule has 0 spiro atoms. The van der Waals surface area contributed by atoms with E-state index in [0.29, 0.717) is 11.6 Å². The summed E-state index contributed by atoms with van der Waals surface area (Å²) < 4.78 is 7.22. The number of imidazole rings is 1. The monoisotopic (exact) mass is 387 g/mol. The number of nitro groups is 1. The molecular weight excluding hydrogens is 358 g/mol. The van der Waals surface area contributed by atoms with E-state index in [0.717, 1.165) is 44.5 Å². The summed E-state index contributed by atoms with van der Waals surface area (Å²) in [5.74, 6) is 0.820. The first-order chi connectivity index (χ1) is 13.5. The third kappa shape index (κ3) is 5.31. The molecule has 0 amide bonds. The predicted octanol–water partition coefficient (Wildman–Crippen LogP) is 4.51. The number of rotatable bonds is 12. The molecule has 1 aromatic heterocycles. The molecule has 1 aromatic carbocycles. The van der Waals surface area contributed by atoms with Crippen LogP contribution in [0.1, 0.15) is 51.6 Å². The van der Waals surface area contributed by atoms with Crippen LogP contribution in [0.2, 0.25) is 0 Å². The van der Waals surface area contributed by atoms with E-state index in [1.807, 2.05) is 24.3 Å². The molecule has 0 radical (unpaired) electrons. The van der Waals surface area contributed by atoms with Crippen molar-refractivity contribution in [3.63, 3.8) is 0 Å². The lowest BCUT2D eigenvalue weighted by Gasteiger charge is -2.25. The third-order valence-corrected chi connectivity index (χ3v) is 4.59. The molecule has 0 aliphatic rings. The van der Waals surface area contributed by atoms with Gasteiger partial charge in [-0.15, -0.1) is 0 Å². The van der Waals surface area contributed by atoms with Gasteiger partial charge < -0.3 is 19.8 Å². The minimum Gasteiger partial charge on any atom is -0.459 e. The highest BCUT2D eigenvalue weighted by Crippen LogP contribution is 2.27. The van der Waals surface area contributed by atoms with Gasteiger partial charge in [0, 0.05) is 18.8 Å². The second-order valence-corrected chi connectivity index (χ2v) is 6.63. The number of ether oxygens (including phenoxy) is 1. The Bertz CT molecular complexity index is 765. The Morgan fingerprint density at radius 2 is 1.86 bits per heavy atom. The lowest BCUT2D eigenvalue weighted by molar-refractivity contribution is -0.391. The Morgan fingerprint density at radius 1 is 1.25 bits per heavy atom. The zero-order valence-corrected chi connectivity index (χ0v) is 16.9. The number of unbranched alkanes of at least 4 members (excludes halogenated alkanes) is 2. The van der Waals surface area contributed by atoms with Crippen molar-refractivity contribution in [2.75, 3.05) is 18.0 Å². The van der Waals surface area contributed by atoms with Crippen molar-refractivity contribution in [2.24, 2.45) is 12.0 Å². The van der Waals surface area contributed by atoms with Gasteiger partial charge in [0.25, 0.3) is 12.1 Å². The summed E-state index contributed by atoms with van der Waals surface area (Å²) in [4.78, 5) is 20.9. The molecule has 0 aliphatic carbocycles. The van der Waals surface area contributed by atoms with E-state index in [4.69, 9.17) is 4.74 Å². The Morgan fingerprint density at radius 3 is 2.32 bits per heavy atom. The number of hydrogen-bond acceptors (Lipinski definition) is 6. The molecule has 0 bridgehead atoms. The average Bonchev–Trinajstić information content (AvgIpc) is 3.08. The van der Waals surface area contributed by atoms with Crippen LogP contribution >= 0.6 is 0 Å². The van der Waals surface area contributed by atoms with Gasteiger partial charge in [0.2, 0.25) is 0 Å². The maximum absolute atomic E-state index is 11.0. The molecule has 8 heteroatoms. The van der Waals surface area contributed by atoms with Crippen LogP contribution in [-0.4, -0.2) is 34.3 Å². The van der Waals surface area contributed by atoms with Gasteiger partial charge in [-0.2, -0.15) is 0 Å². The zero-order chi connectivity index (χ0) is 20.5. The first kappa shape index (κ1) is 21.4. The number of hydrogen-bond donors (Lipinski definition) is 0. The topological polar surface area (TPSA) is 85.8 Å². The Hall–Kier alpha value is -2.90. The van der Waals surface area contributed by atoms with Gasteiger partial charge in [-0.05, 0) is 48.7 Å². The Kier molecular flexibility index (Phi) is 7.98. The highest BCUT2D eigenvalue weighted by atomic mass is 16.6. The van der Waals surface area contributed by atoms with E-state index in [-0.39, 0.29) is 5.82 Å². The smallest absolute Gasteiger partial charge is 0.342 e. The fourth-order valence-corrected chi connectivity index (χ4v) is 2.92. The molecule has 28 heavy (non-hydrogen) atoms. The fraction of sp³-hybridized carbons (Fsp3) is 0.500. The standard InChI is InChI=1S/C20H29N5O3/c1-5-7-13-24(14-8-6-2)16-9-11-17(12-10-16)28-20(21-3)19-22-15-18(23(19)4)25(26)27/h9-12,15,20H,3,5-8,13-14H2,1-2,4H3. The summed E-state index contributed by atoms with van der Waals surface area (Å²) in [6.07, 6.45) is 5.00. The van der Waals surface area contributed by atoms with E-state index in [9.17, 15) is 10.1 Å². The molecule has 1 heterocycles. The minimum absolute atomic E-state index is 0.120. The first-order valence-electron chi connectivity index (χ1n) is 9.65. The number of benzene rings is 1. The Labute approximate surface area is 166 Å². The predicted molar refractivity (Wildman–Crippen MR) is 111 cm³/mol. The van der Waals surface area contributed by atoms with Crippen LogP contribution in [0.25, 0.3) is 0 Å². The van der Waals surface area contributed by atoms with Gasteiger partial charge in [0.05, 0.1) is 7.05 Å². The van der Waals surface area contributed by atoms with Crippen molar-refractivity contribution in [3.8, 4) is 5.75 Å². The number of aromatic nitrogens is 2. The summed E-state index contributed by atoms with van der Waals surface area (Å²) >= 11 is 0. The average molecular weight is 387 g/mol. The summed E-state index contributed by atoms with van der Waals surface area (Å²) in [7, 11) is 1.56. The highest BCUT2D eigenvalue weighted by molar-refractivity contribution is 5.49. The van der Waals surface area contributed by atoms with Crippen LogP contribution in [0.5, 0.6) is 5.75 Å². The molecule has 0 aliphatic heterocycles. The summed E-state index contributed by atoms with van der Waals surface area (Å²) in [6, 6.07) is 7.83. The first-order valence-corrected chi connectivity index (χ1v) is 9.65. The summed E-state index contributed by atoms with van der Waals surface area (Å²) in [5, 5.41) is 11.0. The van der Waals surface area contributed by atoms with Crippen molar-refractivity contribution >= 4 is 18.2 Å². The SMILES string of the molecule is C=NC(Oc1ccc(N(CCCC)CCCC)cc1)c1ncc([N+](=O)[O-])n1C. The second-order valence-electron chi connectivity index (χ2n) is 6.63. The van der Waals surface area contributed by atoms with E-state index in [1.165, 1.54) is 10.8 Å². The Balaban J connectivity index is 2.13. The molecule has 1 unspecified atom stereocenters. The lowest BCUT2D eigenvalue weighted by Crippen LogP contribution is -2.25.